The Labute approximate surface area is 139 Å². The Kier molecular flexibility index (Phi) is 4.81. The number of carbonyl (C=O) groups excluding carboxylic acids is 1. The van der Waals surface area contributed by atoms with Gasteiger partial charge in [-0.25, -0.2) is 9.37 Å². The average Bonchev–Trinajstić information content (AvgIpc) is 2.62. The highest BCUT2D eigenvalue weighted by Crippen LogP contribution is 2.15. The third-order valence-electron chi connectivity index (χ3n) is 3.46. The van der Waals surface area contributed by atoms with Gasteiger partial charge in [0.15, 0.2) is 0 Å². The first-order valence-electron chi connectivity index (χ1n) is 7.52. The van der Waals surface area contributed by atoms with Gasteiger partial charge in [0.05, 0.1) is 11.9 Å². The normalized spacial score (nSPS) is 10.2. The van der Waals surface area contributed by atoms with Crippen molar-refractivity contribution in [2.75, 3.05) is 5.32 Å². The topological polar surface area (TPSA) is 54.0 Å². The molecule has 0 aliphatic rings. The number of amides is 1. The Hall–Kier alpha value is -3.21. The molecule has 2 N–H and O–H groups in total. The summed E-state index contributed by atoms with van der Waals surface area (Å²) in [6.07, 6.45) is 1.59. The number of rotatable bonds is 5. The molecule has 0 aliphatic heterocycles. The number of anilines is 2. The molecule has 0 radical (unpaired) electrons. The van der Waals surface area contributed by atoms with Crippen LogP contribution in [0, 0.1) is 5.82 Å². The Morgan fingerprint density at radius 1 is 0.917 bits per heavy atom. The predicted octanol–water partition coefficient (Wildman–Crippen LogP) is 3.89. The van der Waals surface area contributed by atoms with Crippen molar-refractivity contribution in [1.82, 2.24) is 10.3 Å². The molecule has 0 aliphatic carbocycles. The molecule has 5 heteroatoms. The zero-order chi connectivity index (χ0) is 16.8. The van der Waals surface area contributed by atoms with Crippen molar-refractivity contribution in [3.8, 4) is 0 Å². The van der Waals surface area contributed by atoms with Crippen molar-refractivity contribution in [3.05, 3.63) is 90.0 Å². The number of hydrogen-bond acceptors (Lipinski definition) is 3. The van der Waals surface area contributed by atoms with Crippen molar-refractivity contribution in [2.24, 2.45) is 0 Å². The largest absolute Gasteiger partial charge is 0.354 e. The summed E-state index contributed by atoms with van der Waals surface area (Å²) in [6.45, 7) is 0.122. The van der Waals surface area contributed by atoms with Crippen molar-refractivity contribution in [1.29, 1.82) is 0 Å². The van der Waals surface area contributed by atoms with E-state index in [4.69, 9.17) is 0 Å². The molecular formula is C19H16FN3O. The second kappa shape index (κ2) is 7.37. The summed E-state index contributed by atoms with van der Waals surface area (Å²) in [5.41, 5.74) is 2.45. The summed E-state index contributed by atoms with van der Waals surface area (Å²) in [5.74, 6) is -0.683. The molecule has 3 aromatic rings. The van der Waals surface area contributed by atoms with Gasteiger partial charge >= 0.3 is 0 Å². The number of halogens is 1. The standard InChI is InChI=1S/C19H16FN3O/c20-17-9-5-4-6-14(17)12-22-19(24)18-11-10-16(13-21-18)23-15-7-2-1-3-8-15/h1-11,13,23H,12H2,(H,22,24). The maximum Gasteiger partial charge on any atom is 0.270 e. The van der Waals surface area contributed by atoms with Crippen LogP contribution in [0.2, 0.25) is 0 Å². The number of aromatic nitrogens is 1. The minimum Gasteiger partial charge on any atom is -0.354 e. The molecule has 3 rings (SSSR count). The molecule has 0 fully saturated rings. The summed E-state index contributed by atoms with van der Waals surface area (Å²) in [4.78, 5) is 16.2. The second-order valence-corrected chi connectivity index (χ2v) is 5.20. The van der Waals surface area contributed by atoms with E-state index in [1.807, 2.05) is 30.3 Å². The molecule has 0 saturated heterocycles. The summed E-state index contributed by atoms with van der Waals surface area (Å²) < 4.78 is 13.5. The van der Waals surface area contributed by atoms with Crippen LogP contribution in [-0.2, 0) is 6.54 Å². The molecule has 0 bridgehead atoms. The first-order valence-corrected chi connectivity index (χ1v) is 7.52. The van der Waals surface area contributed by atoms with E-state index < -0.39 is 0 Å². The maximum atomic E-state index is 13.5. The smallest absolute Gasteiger partial charge is 0.270 e. The van der Waals surface area contributed by atoms with Crippen LogP contribution < -0.4 is 10.6 Å². The van der Waals surface area contributed by atoms with Crippen molar-refractivity contribution >= 4 is 17.3 Å². The van der Waals surface area contributed by atoms with E-state index in [2.05, 4.69) is 15.6 Å². The molecule has 24 heavy (non-hydrogen) atoms. The Balaban J connectivity index is 1.61. The Morgan fingerprint density at radius 3 is 2.38 bits per heavy atom. The lowest BCUT2D eigenvalue weighted by molar-refractivity contribution is 0.0945. The number of para-hydroxylation sites is 1. The predicted molar refractivity (Wildman–Crippen MR) is 91.5 cm³/mol. The molecule has 0 spiro atoms. The van der Waals surface area contributed by atoms with Crippen LogP contribution in [0.1, 0.15) is 16.1 Å². The van der Waals surface area contributed by atoms with Crippen LogP contribution >= 0.6 is 0 Å². The lowest BCUT2D eigenvalue weighted by atomic mass is 10.2. The third-order valence-corrected chi connectivity index (χ3v) is 3.46. The van der Waals surface area contributed by atoms with Gasteiger partial charge in [-0.05, 0) is 30.3 Å². The van der Waals surface area contributed by atoms with Crippen LogP contribution in [0.15, 0.2) is 72.9 Å². The second-order valence-electron chi connectivity index (χ2n) is 5.20. The number of hydrogen-bond donors (Lipinski definition) is 2. The van der Waals surface area contributed by atoms with E-state index in [1.165, 1.54) is 6.07 Å². The molecule has 1 amide bonds. The average molecular weight is 321 g/mol. The van der Waals surface area contributed by atoms with E-state index in [0.717, 1.165) is 11.4 Å². The Morgan fingerprint density at radius 2 is 1.67 bits per heavy atom. The molecular weight excluding hydrogens is 305 g/mol. The first kappa shape index (κ1) is 15.7. The highest BCUT2D eigenvalue weighted by Gasteiger charge is 2.08. The molecule has 120 valence electrons. The fraction of sp³-hybridized carbons (Fsp3) is 0.0526. The Bertz CT molecular complexity index is 820. The minimum absolute atomic E-state index is 0.122. The summed E-state index contributed by atoms with van der Waals surface area (Å²) >= 11 is 0. The monoisotopic (exact) mass is 321 g/mol. The van der Waals surface area contributed by atoms with Gasteiger partial charge < -0.3 is 10.6 Å². The van der Waals surface area contributed by atoms with Crippen molar-refractivity contribution in [3.63, 3.8) is 0 Å². The number of pyridine rings is 1. The lowest BCUT2D eigenvalue weighted by Gasteiger charge is -2.08. The van der Waals surface area contributed by atoms with Gasteiger partial charge in [0.2, 0.25) is 0 Å². The van der Waals surface area contributed by atoms with E-state index in [0.29, 0.717) is 5.56 Å². The molecule has 2 aromatic carbocycles. The van der Waals surface area contributed by atoms with Crippen LogP contribution in [0.3, 0.4) is 0 Å². The van der Waals surface area contributed by atoms with Gasteiger partial charge in [0.1, 0.15) is 11.5 Å². The lowest BCUT2D eigenvalue weighted by Crippen LogP contribution is -2.24. The molecule has 0 unspecified atom stereocenters. The van der Waals surface area contributed by atoms with Gasteiger partial charge in [0, 0.05) is 17.8 Å². The fourth-order valence-corrected chi connectivity index (χ4v) is 2.20. The highest BCUT2D eigenvalue weighted by atomic mass is 19.1. The van der Waals surface area contributed by atoms with Crippen LogP contribution in [-0.4, -0.2) is 10.9 Å². The number of nitrogens with zero attached hydrogens (tertiary/aromatic N) is 1. The highest BCUT2D eigenvalue weighted by molar-refractivity contribution is 5.92. The molecule has 1 aromatic heterocycles. The number of benzene rings is 2. The van der Waals surface area contributed by atoms with Gasteiger partial charge in [0.25, 0.3) is 5.91 Å². The van der Waals surface area contributed by atoms with Gasteiger partial charge in [-0.3, -0.25) is 4.79 Å². The van der Waals surface area contributed by atoms with Crippen LogP contribution in [0.4, 0.5) is 15.8 Å². The van der Waals surface area contributed by atoms with E-state index >= 15 is 0 Å². The van der Waals surface area contributed by atoms with E-state index in [1.54, 1.807) is 36.5 Å². The SMILES string of the molecule is O=C(NCc1ccccc1F)c1ccc(Nc2ccccc2)cn1. The van der Waals surface area contributed by atoms with Gasteiger partial charge in [-0.2, -0.15) is 0 Å². The molecule has 0 saturated carbocycles. The zero-order valence-corrected chi connectivity index (χ0v) is 12.9. The van der Waals surface area contributed by atoms with E-state index in [-0.39, 0.29) is 24.0 Å². The number of nitrogens with one attached hydrogen (secondary N) is 2. The summed E-state index contributed by atoms with van der Waals surface area (Å²) in [5, 5.41) is 5.85. The van der Waals surface area contributed by atoms with Crippen molar-refractivity contribution < 1.29 is 9.18 Å². The van der Waals surface area contributed by atoms with Crippen LogP contribution in [0.5, 0.6) is 0 Å². The minimum atomic E-state index is -0.343. The van der Waals surface area contributed by atoms with Crippen LogP contribution in [0.25, 0.3) is 0 Å². The molecule has 1 heterocycles. The molecule has 0 atom stereocenters. The molecule has 4 nitrogen and oxygen atoms in total. The first-order chi connectivity index (χ1) is 11.7. The number of carbonyl (C=O) groups is 1. The summed E-state index contributed by atoms with van der Waals surface area (Å²) in [6, 6.07) is 19.4. The van der Waals surface area contributed by atoms with Gasteiger partial charge in [-0.15, -0.1) is 0 Å². The van der Waals surface area contributed by atoms with E-state index in [9.17, 15) is 9.18 Å². The third kappa shape index (κ3) is 3.95. The summed E-state index contributed by atoms with van der Waals surface area (Å²) in [7, 11) is 0. The van der Waals surface area contributed by atoms with Gasteiger partial charge in [-0.1, -0.05) is 36.4 Å². The van der Waals surface area contributed by atoms with Crippen molar-refractivity contribution in [2.45, 2.75) is 6.54 Å². The zero-order valence-electron chi connectivity index (χ0n) is 12.9. The quantitative estimate of drug-likeness (QED) is 0.749. The fourth-order valence-electron chi connectivity index (χ4n) is 2.20. The maximum absolute atomic E-state index is 13.5.